The third kappa shape index (κ3) is 4.47. The lowest BCUT2D eigenvalue weighted by Gasteiger charge is -2.21. The molecule has 3 N–H and O–H groups in total. The first-order chi connectivity index (χ1) is 11.7. The standard InChI is InChI=1S/C19H23N3O2/c20-15-6-8-16(9-7-15)24-17-10-11-21-18(12-17)19(23)22-13-14-4-2-1-3-5-14/h6-12,14H,1-5,13,20H2,(H,22,23). The third-order valence-electron chi connectivity index (χ3n) is 4.36. The number of rotatable bonds is 5. The van der Waals surface area contributed by atoms with Crippen LogP contribution in [-0.4, -0.2) is 17.4 Å². The van der Waals surface area contributed by atoms with Gasteiger partial charge in [0.15, 0.2) is 0 Å². The Bertz CT molecular complexity index is 679. The molecule has 5 heteroatoms. The summed E-state index contributed by atoms with van der Waals surface area (Å²) in [6.45, 7) is 0.726. The monoisotopic (exact) mass is 325 g/mol. The van der Waals surface area contributed by atoms with Gasteiger partial charge in [-0.1, -0.05) is 19.3 Å². The zero-order valence-corrected chi connectivity index (χ0v) is 13.7. The maximum atomic E-state index is 12.3. The number of nitrogens with one attached hydrogen (secondary N) is 1. The molecule has 1 aliphatic carbocycles. The molecule has 1 fully saturated rings. The summed E-state index contributed by atoms with van der Waals surface area (Å²) in [5.41, 5.74) is 6.71. The van der Waals surface area contributed by atoms with Crippen LogP contribution < -0.4 is 15.8 Å². The molecule has 1 aromatic carbocycles. The van der Waals surface area contributed by atoms with Crippen molar-refractivity contribution in [2.75, 3.05) is 12.3 Å². The van der Waals surface area contributed by atoms with Crippen molar-refractivity contribution in [3.05, 3.63) is 48.3 Å². The van der Waals surface area contributed by atoms with Crippen LogP contribution in [-0.2, 0) is 0 Å². The molecule has 0 saturated heterocycles. The molecule has 24 heavy (non-hydrogen) atoms. The number of pyridine rings is 1. The van der Waals surface area contributed by atoms with Crippen molar-refractivity contribution in [2.24, 2.45) is 5.92 Å². The Morgan fingerprint density at radius 1 is 1.12 bits per heavy atom. The van der Waals surface area contributed by atoms with E-state index in [0.717, 1.165) is 6.54 Å². The minimum Gasteiger partial charge on any atom is -0.457 e. The van der Waals surface area contributed by atoms with Gasteiger partial charge in [0, 0.05) is 24.5 Å². The maximum absolute atomic E-state index is 12.3. The average molecular weight is 325 g/mol. The van der Waals surface area contributed by atoms with Crippen molar-refractivity contribution in [1.82, 2.24) is 10.3 Å². The number of carbonyl (C=O) groups is 1. The second-order valence-electron chi connectivity index (χ2n) is 6.26. The Kier molecular flexibility index (Phi) is 5.31. The van der Waals surface area contributed by atoms with Crippen LogP contribution >= 0.6 is 0 Å². The fraction of sp³-hybridized carbons (Fsp3) is 0.368. The number of nitrogens with zero attached hydrogens (tertiary/aromatic N) is 1. The van der Waals surface area contributed by atoms with Gasteiger partial charge >= 0.3 is 0 Å². The predicted octanol–water partition coefficient (Wildman–Crippen LogP) is 3.77. The molecule has 1 aliphatic rings. The molecule has 1 aromatic heterocycles. The minimum absolute atomic E-state index is 0.150. The number of benzene rings is 1. The number of nitrogens with two attached hydrogens (primary N) is 1. The van der Waals surface area contributed by atoms with Crippen LogP contribution in [0.1, 0.15) is 42.6 Å². The van der Waals surface area contributed by atoms with Gasteiger partial charge in [-0.15, -0.1) is 0 Å². The lowest BCUT2D eigenvalue weighted by Crippen LogP contribution is -2.30. The summed E-state index contributed by atoms with van der Waals surface area (Å²) in [5, 5.41) is 2.99. The summed E-state index contributed by atoms with van der Waals surface area (Å²) in [5.74, 6) is 1.70. The number of hydrogen-bond donors (Lipinski definition) is 2. The summed E-state index contributed by atoms with van der Waals surface area (Å²) in [6.07, 6.45) is 7.84. The fourth-order valence-electron chi connectivity index (χ4n) is 2.99. The van der Waals surface area contributed by atoms with E-state index in [2.05, 4.69) is 10.3 Å². The number of nitrogen functional groups attached to an aromatic ring is 1. The molecule has 0 aliphatic heterocycles. The van der Waals surface area contributed by atoms with Gasteiger partial charge in [0.05, 0.1) is 0 Å². The number of aromatic nitrogens is 1. The highest BCUT2D eigenvalue weighted by molar-refractivity contribution is 5.92. The molecule has 0 bridgehead atoms. The van der Waals surface area contributed by atoms with Crippen LogP contribution in [0.4, 0.5) is 5.69 Å². The van der Waals surface area contributed by atoms with Crippen molar-refractivity contribution < 1.29 is 9.53 Å². The summed E-state index contributed by atoms with van der Waals surface area (Å²) in [4.78, 5) is 16.4. The fourth-order valence-corrected chi connectivity index (χ4v) is 2.99. The van der Waals surface area contributed by atoms with Gasteiger partial charge in [0.25, 0.3) is 5.91 Å². The average Bonchev–Trinajstić information content (AvgIpc) is 2.63. The van der Waals surface area contributed by atoms with E-state index in [9.17, 15) is 4.79 Å². The topological polar surface area (TPSA) is 77.2 Å². The second-order valence-corrected chi connectivity index (χ2v) is 6.26. The number of anilines is 1. The molecule has 3 rings (SSSR count). The van der Waals surface area contributed by atoms with Crippen LogP contribution in [0.5, 0.6) is 11.5 Å². The van der Waals surface area contributed by atoms with E-state index in [1.807, 2.05) is 0 Å². The Labute approximate surface area is 142 Å². The number of ether oxygens (including phenoxy) is 1. The zero-order chi connectivity index (χ0) is 16.8. The van der Waals surface area contributed by atoms with Crippen LogP contribution in [0, 0.1) is 5.92 Å². The van der Waals surface area contributed by atoms with Gasteiger partial charge in [0.1, 0.15) is 17.2 Å². The molecule has 0 unspecified atom stereocenters. The largest absolute Gasteiger partial charge is 0.457 e. The minimum atomic E-state index is -0.150. The van der Waals surface area contributed by atoms with Crippen LogP contribution in [0.15, 0.2) is 42.6 Å². The molecule has 126 valence electrons. The van der Waals surface area contributed by atoms with E-state index in [1.54, 1.807) is 42.6 Å². The van der Waals surface area contributed by atoms with Crippen molar-refractivity contribution in [1.29, 1.82) is 0 Å². The molecule has 5 nitrogen and oxygen atoms in total. The van der Waals surface area contributed by atoms with Gasteiger partial charge in [-0.2, -0.15) is 0 Å². The summed E-state index contributed by atoms with van der Waals surface area (Å²) in [6, 6.07) is 10.5. The van der Waals surface area contributed by atoms with Crippen LogP contribution in [0.2, 0.25) is 0 Å². The summed E-state index contributed by atoms with van der Waals surface area (Å²) in [7, 11) is 0. The SMILES string of the molecule is Nc1ccc(Oc2ccnc(C(=O)NCC3CCCCC3)c2)cc1. The lowest BCUT2D eigenvalue weighted by molar-refractivity contribution is 0.0938. The Balaban J connectivity index is 1.59. The highest BCUT2D eigenvalue weighted by Gasteiger charge is 2.15. The molecule has 0 radical (unpaired) electrons. The quantitative estimate of drug-likeness (QED) is 0.820. The van der Waals surface area contributed by atoms with Crippen LogP contribution in [0.25, 0.3) is 0 Å². The van der Waals surface area contributed by atoms with Gasteiger partial charge in [-0.25, -0.2) is 0 Å². The van der Waals surface area contributed by atoms with E-state index in [1.165, 1.54) is 32.1 Å². The molecular weight excluding hydrogens is 302 g/mol. The van der Waals surface area contributed by atoms with Gasteiger partial charge < -0.3 is 15.8 Å². The summed E-state index contributed by atoms with van der Waals surface area (Å²) >= 11 is 0. The first kappa shape index (κ1) is 16.3. The highest BCUT2D eigenvalue weighted by atomic mass is 16.5. The maximum Gasteiger partial charge on any atom is 0.270 e. The van der Waals surface area contributed by atoms with E-state index in [4.69, 9.17) is 10.5 Å². The van der Waals surface area contributed by atoms with Crippen molar-refractivity contribution >= 4 is 11.6 Å². The molecule has 2 aromatic rings. The van der Waals surface area contributed by atoms with E-state index in [0.29, 0.717) is 28.8 Å². The molecule has 1 heterocycles. The molecule has 1 saturated carbocycles. The van der Waals surface area contributed by atoms with Gasteiger partial charge in [-0.05, 0) is 49.1 Å². The number of hydrogen-bond acceptors (Lipinski definition) is 4. The normalized spacial score (nSPS) is 15.0. The van der Waals surface area contributed by atoms with Gasteiger partial charge in [0.2, 0.25) is 0 Å². The Morgan fingerprint density at radius 3 is 2.62 bits per heavy atom. The van der Waals surface area contributed by atoms with Crippen molar-refractivity contribution in [2.45, 2.75) is 32.1 Å². The van der Waals surface area contributed by atoms with Gasteiger partial charge in [-0.3, -0.25) is 9.78 Å². The van der Waals surface area contributed by atoms with Crippen LogP contribution in [0.3, 0.4) is 0 Å². The zero-order valence-electron chi connectivity index (χ0n) is 13.7. The Morgan fingerprint density at radius 2 is 1.88 bits per heavy atom. The molecular formula is C19H23N3O2. The predicted molar refractivity (Wildman–Crippen MR) is 94.1 cm³/mol. The van der Waals surface area contributed by atoms with E-state index >= 15 is 0 Å². The lowest BCUT2D eigenvalue weighted by atomic mass is 9.89. The number of amides is 1. The number of carbonyl (C=O) groups excluding carboxylic acids is 1. The molecule has 0 spiro atoms. The van der Waals surface area contributed by atoms with Crippen molar-refractivity contribution in [3.8, 4) is 11.5 Å². The first-order valence-corrected chi connectivity index (χ1v) is 8.48. The molecule has 0 atom stereocenters. The second kappa shape index (κ2) is 7.81. The molecule has 1 amide bonds. The Hall–Kier alpha value is -2.56. The van der Waals surface area contributed by atoms with Crippen molar-refractivity contribution in [3.63, 3.8) is 0 Å². The highest BCUT2D eigenvalue weighted by Crippen LogP contribution is 2.24. The summed E-state index contributed by atoms with van der Waals surface area (Å²) < 4.78 is 5.74. The third-order valence-corrected chi connectivity index (χ3v) is 4.36. The van der Waals surface area contributed by atoms with E-state index < -0.39 is 0 Å². The first-order valence-electron chi connectivity index (χ1n) is 8.48. The smallest absolute Gasteiger partial charge is 0.270 e. The van der Waals surface area contributed by atoms with E-state index in [-0.39, 0.29) is 5.91 Å².